The van der Waals surface area contributed by atoms with Crippen LogP contribution in [-0.4, -0.2) is 62.6 Å². The van der Waals surface area contributed by atoms with Crippen LogP contribution >= 0.6 is 0 Å². The molecule has 0 spiro atoms. The van der Waals surface area contributed by atoms with E-state index in [9.17, 15) is 32.7 Å². The van der Waals surface area contributed by atoms with E-state index in [-0.39, 0.29) is 29.8 Å². The van der Waals surface area contributed by atoms with E-state index in [1.807, 2.05) is 29.1 Å². The Bertz CT molecular complexity index is 2340. The summed E-state index contributed by atoms with van der Waals surface area (Å²) in [5.41, 5.74) is 0.650. The number of imide groups is 1. The van der Waals surface area contributed by atoms with E-state index in [1.165, 1.54) is 11.6 Å². The normalized spacial score (nSPS) is 17.2. The summed E-state index contributed by atoms with van der Waals surface area (Å²) in [5.74, 6) is 0.122. The maximum atomic E-state index is 13.2. The van der Waals surface area contributed by atoms with Gasteiger partial charge in [-0.25, -0.2) is 4.98 Å². The summed E-state index contributed by atoms with van der Waals surface area (Å²) < 4.78 is 47.8. The first-order valence-electron chi connectivity index (χ1n) is 20.1. The first-order valence-corrected chi connectivity index (χ1v) is 20.1. The fraction of sp³-hybridized carbons (Fsp3) is 0.400. The molecule has 0 unspecified atom stereocenters. The largest absolute Gasteiger partial charge is 0.457 e. The average Bonchev–Trinajstić information content (AvgIpc) is 3.60. The fourth-order valence-corrected chi connectivity index (χ4v) is 8.17. The number of fused-ring (bicyclic) bond motifs is 2. The number of aliphatic hydroxyl groups is 1. The summed E-state index contributed by atoms with van der Waals surface area (Å²) in [4.78, 5) is 43.3. The molecule has 1 aliphatic heterocycles. The van der Waals surface area contributed by atoms with Gasteiger partial charge in [-0.15, -0.1) is 0 Å². The monoisotopic (exact) mass is 810 g/mol. The number of carbonyl (C=O) groups excluding carboxylic acids is 3. The van der Waals surface area contributed by atoms with Crippen molar-refractivity contribution in [2.75, 3.05) is 25.5 Å². The lowest BCUT2D eigenvalue weighted by Crippen LogP contribution is -2.37. The lowest BCUT2D eigenvalue weighted by atomic mass is 9.86. The zero-order chi connectivity index (χ0) is 41.9. The molecular formula is C45H49F3N6O5. The average molecular weight is 811 g/mol. The molecule has 3 aromatic carbocycles. The van der Waals surface area contributed by atoms with Crippen molar-refractivity contribution in [2.24, 2.45) is 5.92 Å². The standard InChI is InChI=1S/C45H49F3N6O5/c1-44(2,58)34-25-36-31(23-37(34)50-42(56)35-14-9-16-39(49-35)45(46,47)48)27-54(52-36)32-19-17-29(18-20-32)26-53(3)21-6-4-5-10-28-11-7-13-33(22-28)59-38-15-8-12-30-24-40(55)51-43(57)41(30)38/h7-9,11-16,22-23,25,27,29,32,58H,4-6,10,17-21,24,26H2,1-3H3,(H,50,56)(H,51,55,57). The molecule has 310 valence electrons. The number of amides is 3. The van der Waals surface area contributed by atoms with Crippen LogP contribution in [-0.2, 0) is 29.4 Å². The van der Waals surface area contributed by atoms with Gasteiger partial charge in [0, 0.05) is 29.4 Å². The highest BCUT2D eigenvalue weighted by molar-refractivity contribution is 6.11. The second-order valence-electron chi connectivity index (χ2n) is 16.3. The number of nitrogens with zero attached hydrogens (tertiary/aromatic N) is 4. The van der Waals surface area contributed by atoms with E-state index < -0.39 is 29.3 Å². The maximum absolute atomic E-state index is 13.2. The van der Waals surface area contributed by atoms with Crippen LogP contribution in [0.25, 0.3) is 10.9 Å². The molecule has 0 radical (unpaired) electrons. The van der Waals surface area contributed by atoms with Crippen LogP contribution in [0.3, 0.4) is 0 Å². The summed E-state index contributed by atoms with van der Waals surface area (Å²) in [5, 5.41) is 21.6. The summed E-state index contributed by atoms with van der Waals surface area (Å²) in [6.45, 7) is 5.20. The molecule has 0 bridgehead atoms. The molecule has 59 heavy (non-hydrogen) atoms. The third-order valence-corrected chi connectivity index (χ3v) is 11.2. The lowest BCUT2D eigenvalue weighted by molar-refractivity contribution is -0.141. The number of carbonyl (C=O) groups is 3. The van der Waals surface area contributed by atoms with Gasteiger partial charge < -0.3 is 20.1 Å². The summed E-state index contributed by atoms with van der Waals surface area (Å²) in [6.07, 6.45) is 5.63. The number of unbranched alkanes of at least 4 members (excludes halogenated alkanes) is 2. The number of benzene rings is 3. The number of anilines is 1. The van der Waals surface area contributed by atoms with Gasteiger partial charge in [0.25, 0.3) is 11.8 Å². The van der Waals surface area contributed by atoms with E-state index in [0.717, 1.165) is 82.0 Å². The topological polar surface area (TPSA) is 139 Å². The smallest absolute Gasteiger partial charge is 0.433 e. The van der Waals surface area contributed by atoms with E-state index in [4.69, 9.17) is 9.84 Å². The van der Waals surface area contributed by atoms with Gasteiger partial charge in [-0.05, 0) is 132 Å². The van der Waals surface area contributed by atoms with Crippen LogP contribution in [0.1, 0.15) is 108 Å². The Kier molecular flexibility index (Phi) is 12.2. The van der Waals surface area contributed by atoms with Gasteiger partial charge >= 0.3 is 6.18 Å². The van der Waals surface area contributed by atoms with Gasteiger partial charge in [-0.1, -0.05) is 36.8 Å². The van der Waals surface area contributed by atoms with Crippen molar-refractivity contribution < 1.29 is 37.4 Å². The molecule has 2 aliphatic rings. The molecule has 5 aromatic rings. The van der Waals surface area contributed by atoms with Crippen molar-refractivity contribution in [1.82, 2.24) is 25.0 Å². The number of hydrogen-bond acceptors (Lipinski definition) is 8. The van der Waals surface area contributed by atoms with E-state index in [1.54, 1.807) is 44.2 Å². The molecule has 3 heterocycles. The molecule has 3 amide bonds. The van der Waals surface area contributed by atoms with Gasteiger partial charge in [0.2, 0.25) is 5.91 Å². The molecule has 14 heteroatoms. The van der Waals surface area contributed by atoms with Crippen molar-refractivity contribution in [3.05, 3.63) is 113 Å². The summed E-state index contributed by atoms with van der Waals surface area (Å²) in [7, 11) is 2.19. The SMILES string of the molecule is CN(CCCCCc1cccc(Oc2cccc3c2C(=O)NC(=O)C3)c1)CC1CCC(n2cc3cc(NC(=O)c4cccc(C(F)(F)F)n4)c(C(C)(C)O)cc3n2)CC1. The number of ether oxygens (including phenoxy) is 1. The second kappa shape index (κ2) is 17.3. The minimum atomic E-state index is -4.69. The Morgan fingerprint density at radius 1 is 0.983 bits per heavy atom. The summed E-state index contributed by atoms with van der Waals surface area (Å²) in [6, 6.07) is 20.0. The predicted molar refractivity (Wildman–Crippen MR) is 217 cm³/mol. The molecular weight excluding hydrogens is 762 g/mol. The number of aryl methyl sites for hydroxylation is 1. The third-order valence-electron chi connectivity index (χ3n) is 11.2. The fourth-order valence-electron chi connectivity index (χ4n) is 8.17. The van der Waals surface area contributed by atoms with Gasteiger partial charge in [-0.3, -0.25) is 24.4 Å². The minimum Gasteiger partial charge on any atom is -0.457 e. The van der Waals surface area contributed by atoms with Crippen LogP contribution in [0.15, 0.2) is 79.0 Å². The number of alkyl halides is 3. The van der Waals surface area contributed by atoms with Crippen LogP contribution in [0, 0.1) is 5.92 Å². The van der Waals surface area contributed by atoms with E-state index in [2.05, 4.69) is 33.6 Å². The molecule has 7 rings (SSSR count). The van der Waals surface area contributed by atoms with Crippen molar-refractivity contribution in [1.29, 1.82) is 0 Å². The van der Waals surface area contributed by atoms with Gasteiger partial charge in [0.05, 0.1) is 29.1 Å². The Morgan fingerprint density at radius 2 is 1.75 bits per heavy atom. The van der Waals surface area contributed by atoms with Crippen molar-refractivity contribution in [3.63, 3.8) is 0 Å². The number of pyridine rings is 1. The van der Waals surface area contributed by atoms with Gasteiger partial charge in [0.1, 0.15) is 22.9 Å². The highest BCUT2D eigenvalue weighted by atomic mass is 19.4. The predicted octanol–water partition coefficient (Wildman–Crippen LogP) is 8.61. The second-order valence-corrected chi connectivity index (χ2v) is 16.3. The van der Waals surface area contributed by atoms with Crippen molar-refractivity contribution >= 4 is 34.3 Å². The molecule has 11 nitrogen and oxygen atoms in total. The minimum absolute atomic E-state index is 0.153. The number of nitrogens with one attached hydrogen (secondary N) is 2. The third kappa shape index (κ3) is 10.2. The molecule has 2 aromatic heterocycles. The number of hydrogen-bond donors (Lipinski definition) is 3. The number of aromatic nitrogens is 3. The van der Waals surface area contributed by atoms with E-state index >= 15 is 0 Å². The lowest BCUT2D eigenvalue weighted by Gasteiger charge is -2.31. The van der Waals surface area contributed by atoms with E-state index in [0.29, 0.717) is 39.6 Å². The van der Waals surface area contributed by atoms with Crippen LogP contribution in [0.5, 0.6) is 11.5 Å². The van der Waals surface area contributed by atoms with Crippen LogP contribution in [0.4, 0.5) is 18.9 Å². The molecule has 1 fully saturated rings. The Morgan fingerprint density at radius 3 is 2.51 bits per heavy atom. The highest BCUT2D eigenvalue weighted by Crippen LogP contribution is 2.37. The first-order chi connectivity index (χ1) is 28.1. The quantitative estimate of drug-likeness (QED) is 0.0749. The summed E-state index contributed by atoms with van der Waals surface area (Å²) >= 11 is 0. The molecule has 1 saturated carbocycles. The molecule has 1 aliphatic carbocycles. The molecule has 0 saturated heterocycles. The zero-order valence-corrected chi connectivity index (χ0v) is 33.4. The zero-order valence-electron chi connectivity index (χ0n) is 33.4. The Labute approximate surface area is 341 Å². The number of rotatable bonds is 14. The van der Waals surface area contributed by atoms with Crippen molar-refractivity contribution in [2.45, 2.75) is 89.5 Å². The highest BCUT2D eigenvalue weighted by Gasteiger charge is 2.33. The van der Waals surface area contributed by atoms with Gasteiger partial charge in [-0.2, -0.15) is 18.3 Å². The van der Waals surface area contributed by atoms with Gasteiger partial charge in [0.15, 0.2) is 0 Å². The number of halogens is 3. The van der Waals surface area contributed by atoms with Crippen LogP contribution in [0.2, 0.25) is 0 Å². The molecule has 0 atom stereocenters. The van der Waals surface area contributed by atoms with Crippen LogP contribution < -0.4 is 15.4 Å². The Balaban J connectivity index is 0.869. The maximum Gasteiger partial charge on any atom is 0.433 e. The first kappa shape index (κ1) is 41.6. The van der Waals surface area contributed by atoms with Crippen molar-refractivity contribution in [3.8, 4) is 11.5 Å². The Hall–Kier alpha value is -5.60. The molecule has 3 N–H and O–H groups in total.